The predicted molar refractivity (Wildman–Crippen MR) is 130 cm³/mol. The van der Waals surface area contributed by atoms with Gasteiger partial charge in [0.15, 0.2) is 0 Å². The van der Waals surface area contributed by atoms with Crippen LogP contribution < -0.4 is 10.6 Å². The molecule has 1 aromatic rings. The number of amides is 2. The van der Waals surface area contributed by atoms with Crippen LogP contribution in [-0.2, 0) is 19.6 Å². The average molecular weight is 495 g/mol. The Balaban J connectivity index is 1.64. The molecule has 1 atom stereocenters. The van der Waals surface area contributed by atoms with E-state index in [4.69, 9.17) is 4.74 Å². The van der Waals surface area contributed by atoms with E-state index >= 15 is 0 Å². The van der Waals surface area contributed by atoms with E-state index in [2.05, 4.69) is 22.5 Å². The lowest BCUT2D eigenvalue weighted by Gasteiger charge is -2.33. The van der Waals surface area contributed by atoms with Crippen LogP contribution in [0, 0.1) is 5.92 Å². The zero-order chi connectivity index (χ0) is 24.7. The Hall–Kier alpha value is -2.01. The lowest BCUT2D eigenvalue weighted by atomic mass is 10.00. The molecule has 2 aliphatic rings. The van der Waals surface area contributed by atoms with Crippen molar-refractivity contribution in [1.29, 1.82) is 0 Å². The van der Waals surface area contributed by atoms with Crippen molar-refractivity contribution in [3.05, 3.63) is 29.8 Å². The number of sulfonamides is 1. The molecule has 0 radical (unpaired) electrons. The summed E-state index contributed by atoms with van der Waals surface area (Å²) in [5, 5.41) is 5.92. The molecule has 0 bridgehead atoms. The molecule has 2 fully saturated rings. The minimum absolute atomic E-state index is 0.0615. The number of likely N-dealkylation sites (tertiary alicyclic amines) is 1. The number of carbonyl (C=O) groups excluding carboxylic acids is 2. The van der Waals surface area contributed by atoms with Crippen LogP contribution in [0.25, 0.3) is 0 Å². The van der Waals surface area contributed by atoms with E-state index in [1.165, 1.54) is 16.4 Å². The van der Waals surface area contributed by atoms with Gasteiger partial charge in [-0.05, 0) is 49.9 Å². The second-order valence-electron chi connectivity index (χ2n) is 9.36. The first-order chi connectivity index (χ1) is 16.2. The molecule has 2 amide bonds. The third kappa shape index (κ3) is 6.78. The van der Waals surface area contributed by atoms with E-state index in [9.17, 15) is 18.0 Å². The predicted octanol–water partition coefficient (Wildman–Crippen LogP) is 1.45. The van der Waals surface area contributed by atoms with Crippen molar-refractivity contribution in [2.45, 2.75) is 57.0 Å². The monoisotopic (exact) mass is 494 g/mol. The molecule has 0 spiro atoms. The number of rotatable bonds is 9. The van der Waals surface area contributed by atoms with Gasteiger partial charge < -0.3 is 20.3 Å². The van der Waals surface area contributed by atoms with Crippen LogP contribution in [0.4, 0.5) is 0 Å². The van der Waals surface area contributed by atoms with Gasteiger partial charge in [0.2, 0.25) is 15.9 Å². The summed E-state index contributed by atoms with van der Waals surface area (Å²) >= 11 is 0. The van der Waals surface area contributed by atoms with Gasteiger partial charge in [0, 0.05) is 37.8 Å². The maximum atomic E-state index is 13.0. The molecule has 10 heteroatoms. The fourth-order valence-corrected chi connectivity index (χ4v) is 5.86. The van der Waals surface area contributed by atoms with Crippen molar-refractivity contribution in [2.24, 2.45) is 5.92 Å². The van der Waals surface area contributed by atoms with Crippen LogP contribution in [0.5, 0.6) is 0 Å². The molecule has 190 valence electrons. The minimum Gasteiger partial charge on any atom is -0.379 e. The Morgan fingerprint density at radius 1 is 1.12 bits per heavy atom. The summed E-state index contributed by atoms with van der Waals surface area (Å²) in [7, 11) is -3.72. The molecule has 34 heavy (non-hydrogen) atoms. The van der Waals surface area contributed by atoms with Crippen LogP contribution in [0.2, 0.25) is 0 Å². The molecule has 1 aromatic carbocycles. The van der Waals surface area contributed by atoms with Gasteiger partial charge >= 0.3 is 0 Å². The van der Waals surface area contributed by atoms with Crippen molar-refractivity contribution < 1.29 is 22.7 Å². The highest BCUT2D eigenvalue weighted by Crippen LogP contribution is 2.19. The smallest absolute Gasteiger partial charge is 0.251 e. The highest BCUT2D eigenvalue weighted by atomic mass is 32.2. The molecule has 9 nitrogen and oxygen atoms in total. The molecule has 2 heterocycles. The molecule has 2 aliphatic heterocycles. The van der Waals surface area contributed by atoms with E-state index in [0.717, 1.165) is 38.9 Å². The van der Waals surface area contributed by atoms with E-state index in [-0.39, 0.29) is 41.4 Å². The van der Waals surface area contributed by atoms with Gasteiger partial charge in [-0.25, -0.2) is 8.42 Å². The summed E-state index contributed by atoms with van der Waals surface area (Å²) in [5.74, 6) is -0.788. The van der Waals surface area contributed by atoms with Crippen LogP contribution in [-0.4, -0.2) is 87.5 Å². The molecular formula is C24H38N4O5S. The third-order valence-electron chi connectivity index (χ3n) is 6.41. The molecule has 2 N–H and O–H groups in total. The summed E-state index contributed by atoms with van der Waals surface area (Å²) in [6.45, 7) is 10.2. The first-order valence-corrected chi connectivity index (χ1v) is 13.7. The first kappa shape index (κ1) is 26.6. The van der Waals surface area contributed by atoms with Gasteiger partial charge in [-0.2, -0.15) is 4.31 Å². The maximum absolute atomic E-state index is 13.0. The summed E-state index contributed by atoms with van der Waals surface area (Å²) in [6, 6.07) is 5.36. The molecule has 0 aromatic heterocycles. The quantitative estimate of drug-likeness (QED) is 0.538. The maximum Gasteiger partial charge on any atom is 0.251 e. The summed E-state index contributed by atoms with van der Waals surface area (Å²) < 4.78 is 32.5. The van der Waals surface area contributed by atoms with Crippen molar-refractivity contribution in [3.63, 3.8) is 0 Å². The Bertz CT molecular complexity index is 938. The highest BCUT2D eigenvalue weighted by molar-refractivity contribution is 7.89. The van der Waals surface area contributed by atoms with E-state index in [1.54, 1.807) is 12.1 Å². The van der Waals surface area contributed by atoms with E-state index < -0.39 is 22.0 Å². The van der Waals surface area contributed by atoms with Gasteiger partial charge in [0.05, 0.1) is 18.1 Å². The van der Waals surface area contributed by atoms with Crippen molar-refractivity contribution in [2.75, 3.05) is 45.9 Å². The lowest BCUT2D eigenvalue weighted by molar-refractivity contribution is -0.125. The van der Waals surface area contributed by atoms with Crippen LogP contribution in [0.1, 0.15) is 50.4 Å². The first-order valence-electron chi connectivity index (χ1n) is 12.2. The van der Waals surface area contributed by atoms with Gasteiger partial charge in [0.25, 0.3) is 5.91 Å². The topological polar surface area (TPSA) is 108 Å². The van der Waals surface area contributed by atoms with E-state index in [1.807, 2.05) is 13.8 Å². The number of piperidine rings is 1. The lowest BCUT2D eigenvalue weighted by Crippen LogP contribution is -2.54. The Kier molecular flexibility index (Phi) is 9.47. The zero-order valence-electron chi connectivity index (χ0n) is 20.5. The number of ether oxygens (including phenoxy) is 1. The summed E-state index contributed by atoms with van der Waals surface area (Å²) in [4.78, 5) is 28.5. The molecule has 1 unspecified atom stereocenters. The zero-order valence-corrected chi connectivity index (χ0v) is 21.3. The minimum atomic E-state index is -3.72. The molecular weight excluding hydrogens is 456 g/mol. The fourth-order valence-electron chi connectivity index (χ4n) is 4.40. The number of nitrogens with zero attached hydrogens (tertiary/aromatic N) is 2. The van der Waals surface area contributed by atoms with E-state index in [0.29, 0.717) is 13.2 Å². The van der Waals surface area contributed by atoms with Crippen LogP contribution >= 0.6 is 0 Å². The normalized spacial score (nSPS) is 19.6. The largest absolute Gasteiger partial charge is 0.379 e. The van der Waals surface area contributed by atoms with Gasteiger partial charge in [-0.1, -0.05) is 26.8 Å². The Labute approximate surface area is 203 Å². The van der Waals surface area contributed by atoms with Crippen molar-refractivity contribution in [1.82, 2.24) is 19.8 Å². The molecule has 0 aliphatic carbocycles. The number of nitrogens with one attached hydrogen (secondary N) is 2. The van der Waals surface area contributed by atoms with Gasteiger partial charge in [-0.15, -0.1) is 0 Å². The summed E-state index contributed by atoms with van der Waals surface area (Å²) in [6.07, 6.45) is 2.91. The van der Waals surface area contributed by atoms with Crippen molar-refractivity contribution in [3.8, 4) is 0 Å². The van der Waals surface area contributed by atoms with Crippen LogP contribution in [0.3, 0.4) is 0 Å². The van der Waals surface area contributed by atoms with Crippen LogP contribution in [0.15, 0.2) is 29.2 Å². The third-order valence-corrected chi connectivity index (χ3v) is 8.31. The molecule has 3 rings (SSSR count). The number of morpholine rings is 1. The SMILES string of the molecule is CCCN1CCC(NC(=O)C(NC(=O)c2cccc(S(=O)(=O)N3CCOCC3)c2)C(C)C)CC1. The van der Waals surface area contributed by atoms with Crippen molar-refractivity contribution >= 4 is 21.8 Å². The number of benzene rings is 1. The summed E-state index contributed by atoms with van der Waals surface area (Å²) in [5.41, 5.74) is 0.209. The standard InChI is InChI=1S/C24H38N4O5S/c1-4-10-27-11-8-20(9-12-27)25-24(30)22(18(2)3)26-23(29)19-6-5-7-21(17-19)34(31,32)28-13-15-33-16-14-28/h5-7,17-18,20,22H,4,8-16H2,1-3H3,(H,25,30)(H,26,29). The number of carbonyl (C=O) groups is 2. The molecule has 2 saturated heterocycles. The highest BCUT2D eigenvalue weighted by Gasteiger charge is 2.30. The average Bonchev–Trinajstić information content (AvgIpc) is 2.84. The number of hydrogen-bond acceptors (Lipinski definition) is 6. The van der Waals surface area contributed by atoms with Gasteiger partial charge in [-0.3, -0.25) is 9.59 Å². The Morgan fingerprint density at radius 2 is 1.79 bits per heavy atom. The number of hydrogen-bond donors (Lipinski definition) is 2. The molecule has 0 saturated carbocycles. The fraction of sp³-hybridized carbons (Fsp3) is 0.667. The second-order valence-corrected chi connectivity index (χ2v) is 11.3. The van der Waals surface area contributed by atoms with Gasteiger partial charge in [0.1, 0.15) is 6.04 Å². The second kappa shape index (κ2) is 12.1. The Morgan fingerprint density at radius 3 is 2.41 bits per heavy atom.